The fourth-order valence-electron chi connectivity index (χ4n) is 2.29. The summed E-state index contributed by atoms with van der Waals surface area (Å²) < 4.78 is 0. The number of hydrazone groups is 1. The molecule has 0 aliphatic carbocycles. The Morgan fingerprint density at radius 3 is 2.70 bits per heavy atom. The number of hydrogen-bond donors (Lipinski definition) is 2. The van der Waals surface area contributed by atoms with Gasteiger partial charge in [-0.2, -0.15) is 5.10 Å². The third-order valence-electron chi connectivity index (χ3n) is 3.43. The number of rotatable bonds is 5. The van der Waals surface area contributed by atoms with Crippen LogP contribution in [0.4, 0.5) is 5.69 Å². The van der Waals surface area contributed by atoms with Gasteiger partial charge in [-0.25, -0.2) is 5.43 Å². The second kappa shape index (κ2) is 6.65. The van der Waals surface area contributed by atoms with Crippen molar-refractivity contribution in [3.05, 3.63) is 70.8 Å². The topological polar surface area (TPSA) is 86.7 Å². The normalized spacial score (nSPS) is 11.0. The van der Waals surface area contributed by atoms with E-state index >= 15 is 0 Å². The zero-order valence-electron chi connectivity index (χ0n) is 12.2. The number of nitrogens with zero attached hydrogens (tertiary/aromatic N) is 2. The molecule has 2 N–H and O–H groups in total. The Labute approximate surface area is 132 Å². The summed E-state index contributed by atoms with van der Waals surface area (Å²) in [5.41, 5.74) is 5.54. The van der Waals surface area contributed by atoms with Crippen LogP contribution in [0.1, 0.15) is 11.1 Å². The molecule has 0 radical (unpaired) electrons. The molecule has 3 rings (SSSR count). The Hall–Kier alpha value is -3.28. The van der Waals surface area contributed by atoms with Gasteiger partial charge in [0.1, 0.15) is 5.69 Å². The molecule has 1 aromatic heterocycles. The molecule has 1 amide bonds. The molecule has 0 saturated heterocycles. The maximum Gasteiger partial charge on any atom is 0.244 e. The van der Waals surface area contributed by atoms with Crippen molar-refractivity contribution < 1.29 is 4.79 Å². The van der Waals surface area contributed by atoms with Crippen LogP contribution in [0.15, 0.2) is 65.0 Å². The van der Waals surface area contributed by atoms with Crippen molar-refractivity contribution in [2.75, 3.05) is 0 Å². The summed E-state index contributed by atoms with van der Waals surface area (Å²) in [6.45, 7) is 0. The standard InChI is InChI=1S/C17H14N4O2/c22-17(9-13-11-18-16-4-2-1-3-15(13)16)20-19-10-12-5-7-14(21-23)8-6-12/h1-8,10-11,18H,9H2,(H,20,22)/b19-10+. The number of carbonyl (C=O) groups excluding carboxylic acids is 1. The number of benzene rings is 2. The van der Waals surface area contributed by atoms with Crippen LogP contribution in [-0.2, 0) is 11.2 Å². The highest BCUT2D eigenvalue weighted by Crippen LogP contribution is 2.17. The summed E-state index contributed by atoms with van der Waals surface area (Å²) in [7, 11) is 0. The first-order valence-corrected chi connectivity index (χ1v) is 7.06. The molecule has 0 aliphatic rings. The van der Waals surface area contributed by atoms with E-state index in [4.69, 9.17) is 0 Å². The van der Waals surface area contributed by atoms with E-state index in [0.717, 1.165) is 22.0 Å². The quantitative estimate of drug-likeness (QED) is 0.430. The van der Waals surface area contributed by atoms with Crippen molar-refractivity contribution in [2.45, 2.75) is 6.42 Å². The predicted octanol–water partition coefficient (Wildman–Crippen LogP) is 3.26. The number of aromatic amines is 1. The van der Waals surface area contributed by atoms with E-state index in [1.54, 1.807) is 24.3 Å². The number of H-pyrrole nitrogens is 1. The molecule has 114 valence electrons. The van der Waals surface area contributed by atoms with E-state index in [-0.39, 0.29) is 12.3 Å². The van der Waals surface area contributed by atoms with Crippen molar-refractivity contribution in [2.24, 2.45) is 10.3 Å². The zero-order chi connectivity index (χ0) is 16.1. The first-order chi connectivity index (χ1) is 11.3. The van der Waals surface area contributed by atoms with Gasteiger partial charge in [0.25, 0.3) is 0 Å². The van der Waals surface area contributed by atoms with Gasteiger partial charge in [0.2, 0.25) is 5.91 Å². The number of para-hydroxylation sites is 1. The molecular weight excluding hydrogens is 292 g/mol. The van der Waals surface area contributed by atoms with Gasteiger partial charge in [0, 0.05) is 17.1 Å². The average molecular weight is 306 g/mol. The number of hydrogen-bond acceptors (Lipinski definition) is 4. The van der Waals surface area contributed by atoms with Gasteiger partial charge in [0.05, 0.1) is 12.6 Å². The molecule has 0 saturated carbocycles. The molecule has 0 aliphatic heterocycles. The summed E-state index contributed by atoms with van der Waals surface area (Å²) in [5.74, 6) is -0.197. The zero-order valence-corrected chi connectivity index (χ0v) is 12.2. The number of carbonyl (C=O) groups is 1. The highest BCUT2D eigenvalue weighted by molar-refractivity contribution is 5.89. The fourth-order valence-corrected chi connectivity index (χ4v) is 2.29. The number of fused-ring (bicyclic) bond motifs is 1. The van der Waals surface area contributed by atoms with E-state index < -0.39 is 0 Å². The molecular formula is C17H14N4O2. The van der Waals surface area contributed by atoms with Crippen LogP contribution in [0.5, 0.6) is 0 Å². The second-order valence-corrected chi connectivity index (χ2v) is 5.01. The summed E-state index contributed by atoms with van der Waals surface area (Å²) >= 11 is 0. The highest BCUT2D eigenvalue weighted by Gasteiger charge is 2.07. The summed E-state index contributed by atoms with van der Waals surface area (Å²) in [6, 6.07) is 14.4. The molecule has 6 nitrogen and oxygen atoms in total. The fraction of sp³-hybridized carbons (Fsp3) is 0.0588. The van der Waals surface area contributed by atoms with E-state index in [1.807, 2.05) is 30.5 Å². The SMILES string of the molecule is O=Nc1ccc(/C=N/NC(=O)Cc2c[nH]c3ccccc23)cc1. The van der Waals surface area contributed by atoms with Gasteiger partial charge >= 0.3 is 0 Å². The van der Waals surface area contributed by atoms with Crippen LogP contribution in [0.2, 0.25) is 0 Å². The van der Waals surface area contributed by atoms with Crippen LogP contribution in [0, 0.1) is 4.91 Å². The van der Waals surface area contributed by atoms with Gasteiger partial charge in [0.15, 0.2) is 0 Å². The minimum absolute atomic E-state index is 0.197. The molecule has 0 spiro atoms. The van der Waals surface area contributed by atoms with Crippen molar-refractivity contribution in [1.29, 1.82) is 0 Å². The summed E-state index contributed by atoms with van der Waals surface area (Å²) in [6.07, 6.45) is 3.59. The Kier molecular flexibility index (Phi) is 4.24. The number of aromatic nitrogens is 1. The molecule has 0 unspecified atom stereocenters. The van der Waals surface area contributed by atoms with Gasteiger partial charge in [-0.15, -0.1) is 4.91 Å². The van der Waals surface area contributed by atoms with Gasteiger partial charge in [-0.05, 0) is 34.5 Å². The van der Waals surface area contributed by atoms with Crippen LogP contribution >= 0.6 is 0 Å². The molecule has 6 heteroatoms. The largest absolute Gasteiger partial charge is 0.361 e. The van der Waals surface area contributed by atoms with Crippen molar-refractivity contribution in [3.63, 3.8) is 0 Å². The molecule has 0 atom stereocenters. The monoisotopic (exact) mass is 306 g/mol. The van der Waals surface area contributed by atoms with E-state index in [1.165, 1.54) is 6.21 Å². The first kappa shape index (κ1) is 14.6. The Morgan fingerprint density at radius 2 is 1.91 bits per heavy atom. The maximum atomic E-state index is 11.9. The Bertz CT molecular complexity index is 866. The van der Waals surface area contributed by atoms with Crippen molar-refractivity contribution in [3.8, 4) is 0 Å². The van der Waals surface area contributed by atoms with E-state index in [0.29, 0.717) is 5.69 Å². The first-order valence-electron chi connectivity index (χ1n) is 7.06. The van der Waals surface area contributed by atoms with E-state index in [2.05, 4.69) is 20.7 Å². The summed E-state index contributed by atoms with van der Waals surface area (Å²) in [4.78, 5) is 25.4. The lowest BCUT2D eigenvalue weighted by Crippen LogP contribution is -2.19. The van der Waals surface area contributed by atoms with Gasteiger partial charge in [-0.3, -0.25) is 4.79 Å². The molecule has 0 bridgehead atoms. The molecule has 1 heterocycles. The lowest BCUT2D eigenvalue weighted by Gasteiger charge is -1.99. The van der Waals surface area contributed by atoms with Crippen molar-refractivity contribution in [1.82, 2.24) is 10.4 Å². The number of nitroso groups, excluding NO2 is 1. The Morgan fingerprint density at radius 1 is 1.13 bits per heavy atom. The second-order valence-electron chi connectivity index (χ2n) is 5.01. The lowest BCUT2D eigenvalue weighted by molar-refractivity contribution is -0.120. The minimum Gasteiger partial charge on any atom is -0.361 e. The Balaban J connectivity index is 1.60. The van der Waals surface area contributed by atoms with Crippen LogP contribution in [0.25, 0.3) is 10.9 Å². The van der Waals surface area contributed by atoms with Crippen LogP contribution in [0.3, 0.4) is 0 Å². The van der Waals surface area contributed by atoms with E-state index in [9.17, 15) is 9.70 Å². The molecule has 23 heavy (non-hydrogen) atoms. The third-order valence-corrected chi connectivity index (χ3v) is 3.43. The summed E-state index contributed by atoms with van der Waals surface area (Å²) in [5, 5.41) is 7.76. The number of nitrogens with one attached hydrogen (secondary N) is 2. The van der Waals surface area contributed by atoms with Crippen LogP contribution in [-0.4, -0.2) is 17.1 Å². The van der Waals surface area contributed by atoms with Gasteiger partial charge < -0.3 is 4.98 Å². The van der Waals surface area contributed by atoms with Crippen LogP contribution < -0.4 is 5.43 Å². The average Bonchev–Trinajstić information content (AvgIpc) is 2.99. The lowest BCUT2D eigenvalue weighted by atomic mass is 10.1. The van der Waals surface area contributed by atoms with Gasteiger partial charge in [-0.1, -0.05) is 30.3 Å². The third kappa shape index (κ3) is 3.49. The molecule has 3 aromatic rings. The molecule has 2 aromatic carbocycles. The predicted molar refractivity (Wildman–Crippen MR) is 89.6 cm³/mol. The number of amides is 1. The van der Waals surface area contributed by atoms with Crippen molar-refractivity contribution >= 4 is 28.7 Å². The maximum absolute atomic E-state index is 11.9. The molecule has 0 fully saturated rings. The minimum atomic E-state index is -0.197. The highest BCUT2D eigenvalue weighted by atomic mass is 16.3. The smallest absolute Gasteiger partial charge is 0.244 e.